The van der Waals surface area contributed by atoms with E-state index in [1.807, 2.05) is 0 Å². The summed E-state index contributed by atoms with van der Waals surface area (Å²) < 4.78 is 87.8. The normalized spacial score (nSPS) is 16.6. The van der Waals surface area contributed by atoms with Gasteiger partial charge in [-0.1, -0.05) is 12.1 Å². The molecular weight excluding hydrogens is 540 g/mol. The number of furan rings is 1. The van der Waals surface area contributed by atoms with Gasteiger partial charge in [-0.05, 0) is 66.8 Å². The van der Waals surface area contributed by atoms with E-state index in [0.717, 1.165) is 4.31 Å². The van der Waals surface area contributed by atoms with Crippen LogP contribution in [-0.2, 0) is 21.2 Å². The summed E-state index contributed by atoms with van der Waals surface area (Å²) in [4.78, 5) is 17.3. The molecule has 0 saturated carbocycles. The highest BCUT2D eigenvalue weighted by atomic mass is 32.2. The van der Waals surface area contributed by atoms with E-state index in [1.54, 1.807) is 18.5 Å². The average Bonchev–Trinajstić information content (AvgIpc) is 3.55. The molecule has 0 aliphatic carbocycles. The number of ether oxygens (including phenoxy) is 1. The first kappa shape index (κ1) is 26.8. The van der Waals surface area contributed by atoms with Gasteiger partial charge in [0, 0.05) is 42.4 Å². The van der Waals surface area contributed by atoms with Crippen LogP contribution in [0.1, 0.15) is 24.8 Å². The van der Waals surface area contributed by atoms with Crippen LogP contribution in [0.25, 0.3) is 22.1 Å². The van der Waals surface area contributed by atoms with E-state index in [4.69, 9.17) is 4.42 Å². The van der Waals surface area contributed by atoms with E-state index >= 15 is 0 Å². The zero-order chi connectivity index (χ0) is 27.8. The van der Waals surface area contributed by atoms with Gasteiger partial charge in [-0.25, -0.2) is 12.8 Å². The number of ketones is 1. The van der Waals surface area contributed by atoms with Gasteiger partial charge in [-0.15, -0.1) is 13.2 Å². The van der Waals surface area contributed by atoms with Crippen LogP contribution < -0.4 is 4.74 Å². The van der Waals surface area contributed by atoms with Gasteiger partial charge in [-0.3, -0.25) is 9.78 Å². The molecule has 4 aromatic rings. The number of Topliss-reactive ketones (excluding diaryl/α,β-unsaturated/α-hetero) is 1. The van der Waals surface area contributed by atoms with Crippen LogP contribution in [0.15, 0.2) is 76.5 Å². The molecule has 0 bridgehead atoms. The maximum atomic E-state index is 13.5. The first-order valence-corrected chi connectivity index (χ1v) is 13.5. The molecular formula is C27H22F4N2O5S. The maximum absolute atomic E-state index is 13.5. The number of aromatic nitrogens is 1. The number of carbonyl (C=O) groups excluding carboxylic acids is 1. The van der Waals surface area contributed by atoms with Crippen LogP contribution in [0.5, 0.6) is 5.75 Å². The molecule has 7 nitrogen and oxygen atoms in total. The minimum absolute atomic E-state index is 0.0610. The number of nitrogens with zero attached hydrogens (tertiary/aromatic N) is 2. The number of carbonyl (C=O) groups is 1. The summed E-state index contributed by atoms with van der Waals surface area (Å²) in [5, 5.41) is -0.0306. The Balaban J connectivity index is 1.26. The van der Waals surface area contributed by atoms with E-state index in [2.05, 4.69) is 9.72 Å². The largest absolute Gasteiger partial charge is 0.573 e. The zero-order valence-electron chi connectivity index (χ0n) is 20.3. The van der Waals surface area contributed by atoms with Gasteiger partial charge in [0.15, 0.2) is 5.78 Å². The first-order valence-electron chi connectivity index (χ1n) is 12.0. The van der Waals surface area contributed by atoms with Crippen LogP contribution in [-0.4, -0.2) is 42.4 Å². The summed E-state index contributed by atoms with van der Waals surface area (Å²) in [6.07, 6.45) is -0.416. The molecule has 1 saturated heterocycles. The number of aryl methyl sites for hydroxylation is 1. The summed E-state index contributed by atoms with van der Waals surface area (Å²) >= 11 is 0. The number of rotatable bonds is 8. The van der Waals surface area contributed by atoms with Crippen molar-refractivity contribution in [3.05, 3.63) is 78.4 Å². The number of hydrogen-bond acceptors (Lipinski definition) is 6. The molecule has 0 radical (unpaired) electrons. The third kappa shape index (κ3) is 5.96. The Morgan fingerprint density at radius 1 is 1.05 bits per heavy atom. The molecule has 2 aromatic carbocycles. The third-order valence-electron chi connectivity index (χ3n) is 6.47. The number of benzene rings is 2. The molecule has 1 atom stereocenters. The molecule has 39 heavy (non-hydrogen) atoms. The second kappa shape index (κ2) is 10.4. The molecule has 0 N–H and O–H groups in total. The lowest BCUT2D eigenvalue weighted by molar-refractivity contribution is -0.274. The molecule has 0 spiro atoms. The Bertz CT molecular complexity index is 1620. The van der Waals surface area contributed by atoms with Crippen molar-refractivity contribution in [3.8, 4) is 16.9 Å². The van der Waals surface area contributed by atoms with Crippen molar-refractivity contribution in [2.45, 2.75) is 43.2 Å². The van der Waals surface area contributed by atoms with Gasteiger partial charge < -0.3 is 9.15 Å². The summed E-state index contributed by atoms with van der Waals surface area (Å²) in [6.45, 7) is 0.162. The number of sulfonamides is 1. The summed E-state index contributed by atoms with van der Waals surface area (Å²) in [5.74, 6) is -1.11. The van der Waals surface area contributed by atoms with Crippen molar-refractivity contribution >= 4 is 26.8 Å². The molecule has 2 aromatic heterocycles. The summed E-state index contributed by atoms with van der Waals surface area (Å²) in [6, 6.07) is 11.2. The topological polar surface area (TPSA) is 89.7 Å². The minimum atomic E-state index is -4.78. The van der Waals surface area contributed by atoms with Crippen molar-refractivity contribution in [2.24, 2.45) is 0 Å². The van der Waals surface area contributed by atoms with Gasteiger partial charge in [0.25, 0.3) is 10.0 Å². The lowest BCUT2D eigenvalue weighted by Crippen LogP contribution is -2.40. The fraction of sp³-hybridized carbons (Fsp3) is 0.259. The number of alkyl halides is 3. The van der Waals surface area contributed by atoms with Crippen LogP contribution in [0.4, 0.5) is 17.6 Å². The highest BCUT2D eigenvalue weighted by molar-refractivity contribution is 7.89. The Hall–Kier alpha value is -3.77. The SMILES string of the molecule is O=C(CCc1cncc(-c2ccc(OC(F)(F)F)cc2)c1)[C@@H]1CCCN1S(=O)(=O)c1cc2cc(F)ccc2o1. The monoisotopic (exact) mass is 562 g/mol. The second-order valence-electron chi connectivity index (χ2n) is 9.14. The van der Waals surface area contributed by atoms with Crippen LogP contribution >= 0.6 is 0 Å². The molecule has 12 heteroatoms. The quantitative estimate of drug-likeness (QED) is 0.249. The highest BCUT2D eigenvalue weighted by Crippen LogP contribution is 2.32. The van der Waals surface area contributed by atoms with E-state index in [1.165, 1.54) is 48.5 Å². The Kier molecular flexibility index (Phi) is 7.17. The zero-order valence-corrected chi connectivity index (χ0v) is 21.1. The van der Waals surface area contributed by atoms with Crippen molar-refractivity contribution in [2.75, 3.05) is 6.54 Å². The predicted octanol–water partition coefficient (Wildman–Crippen LogP) is 5.89. The van der Waals surface area contributed by atoms with E-state index in [0.29, 0.717) is 41.3 Å². The molecule has 1 aliphatic heterocycles. The van der Waals surface area contributed by atoms with Gasteiger partial charge in [0.05, 0.1) is 6.04 Å². The van der Waals surface area contributed by atoms with Crippen molar-refractivity contribution in [3.63, 3.8) is 0 Å². The Morgan fingerprint density at radius 3 is 2.56 bits per heavy atom. The molecule has 1 fully saturated rings. The fourth-order valence-corrected chi connectivity index (χ4v) is 6.28. The average molecular weight is 563 g/mol. The lowest BCUT2D eigenvalue weighted by Gasteiger charge is -2.21. The molecule has 1 aliphatic rings. The second-order valence-corrected chi connectivity index (χ2v) is 11.0. The highest BCUT2D eigenvalue weighted by Gasteiger charge is 2.40. The fourth-order valence-electron chi connectivity index (χ4n) is 4.65. The van der Waals surface area contributed by atoms with Crippen LogP contribution in [0, 0.1) is 5.82 Å². The summed E-state index contributed by atoms with van der Waals surface area (Å²) in [7, 11) is -4.12. The van der Waals surface area contributed by atoms with Gasteiger partial charge in [0.2, 0.25) is 5.09 Å². The van der Waals surface area contributed by atoms with Gasteiger partial charge in [-0.2, -0.15) is 4.31 Å². The number of fused-ring (bicyclic) bond motifs is 1. The smallest absolute Gasteiger partial charge is 0.443 e. The molecule has 0 unspecified atom stereocenters. The number of pyridine rings is 1. The van der Waals surface area contributed by atoms with E-state index in [-0.39, 0.29) is 35.2 Å². The van der Waals surface area contributed by atoms with Crippen molar-refractivity contribution < 1.29 is 39.9 Å². The van der Waals surface area contributed by atoms with Crippen molar-refractivity contribution in [1.82, 2.24) is 9.29 Å². The van der Waals surface area contributed by atoms with Gasteiger partial charge >= 0.3 is 6.36 Å². The Morgan fingerprint density at radius 2 is 1.82 bits per heavy atom. The van der Waals surface area contributed by atoms with Crippen LogP contribution in [0.2, 0.25) is 0 Å². The third-order valence-corrected chi connectivity index (χ3v) is 8.23. The number of hydrogen-bond donors (Lipinski definition) is 0. The molecule has 3 heterocycles. The van der Waals surface area contributed by atoms with Gasteiger partial charge in [0.1, 0.15) is 17.1 Å². The first-order chi connectivity index (χ1) is 18.5. The van der Waals surface area contributed by atoms with Crippen molar-refractivity contribution in [1.29, 1.82) is 0 Å². The summed E-state index contributed by atoms with van der Waals surface area (Å²) in [5.41, 5.74) is 2.20. The molecule has 204 valence electrons. The minimum Gasteiger partial charge on any atom is -0.443 e. The molecule has 5 rings (SSSR count). The van der Waals surface area contributed by atoms with Crippen LogP contribution in [0.3, 0.4) is 0 Å². The number of halogens is 4. The van der Waals surface area contributed by atoms with E-state index in [9.17, 15) is 30.8 Å². The molecule has 0 amide bonds. The Labute approximate surface area is 221 Å². The predicted molar refractivity (Wildman–Crippen MR) is 133 cm³/mol. The lowest BCUT2D eigenvalue weighted by atomic mass is 10.0. The standard InChI is InChI=1S/C27H22F4N2O5S/c28-21-6-10-25-19(13-21)14-26(37-25)39(35,36)33-11-1-2-23(33)24(34)9-3-17-12-20(16-32-15-17)18-4-7-22(8-5-18)38-27(29,30)31/h4-8,10,12-16,23H,1-3,9,11H2/t23-/m0/s1. The van der Waals surface area contributed by atoms with E-state index < -0.39 is 28.2 Å². The maximum Gasteiger partial charge on any atom is 0.573 e.